The molecule has 1 atom stereocenters. The summed E-state index contributed by atoms with van der Waals surface area (Å²) >= 11 is 0. The molecular weight excluding hydrogens is 281 g/mol. The summed E-state index contributed by atoms with van der Waals surface area (Å²) in [4.78, 5) is 0. The third-order valence-electron chi connectivity index (χ3n) is 3.58. The van der Waals surface area contributed by atoms with Gasteiger partial charge in [0.05, 0.1) is 5.69 Å². The molecule has 1 aromatic carbocycles. The Kier molecular flexibility index (Phi) is 4.62. The van der Waals surface area contributed by atoms with E-state index in [1.54, 1.807) is 6.92 Å². The Labute approximate surface area is 119 Å². The van der Waals surface area contributed by atoms with Crippen molar-refractivity contribution in [2.24, 2.45) is 11.7 Å². The molecule has 0 aliphatic carbocycles. The fourth-order valence-corrected chi connectivity index (χ4v) is 3.80. The molecule has 0 radical (unpaired) electrons. The number of hydrogen-bond acceptors (Lipinski definition) is 3. The second-order valence-corrected chi connectivity index (χ2v) is 6.84. The van der Waals surface area contributed by atoms with Crippen LogP contribution in [0.3, 0.4) is 0 Å². The van der Waals surface area contributed by atoms with E-state index in [0.29, 0.717) is 30.9 Å². The third-order valence-corrected chi connectivity index (χ3v) is 5.07. The molecule has 0 bridgehead atoms. The molecule has 5 nitrogen and oxygen atoms in total. The van der Waals surface area contributed by atoms with E-state index in [1.165, 1.54) is 22.5 Å². The van der Waals surface area contributed by atoms with Gasteiger partial charge in [0.15, 0.2) is 0 Å². The standard InChI is InChI=1S/C13H20FN3O2S/c1-10-7-12(14)4-5-13(10)16-20(18,19)17-6-2-3-11(8-15)9-17/h4-5,7,11,16H,2-3,6,8-9,15H2,1H3. The lowest BCUT2D eigenvalue weighted by atomic mass is 10.0. The minimum atomic E-state index is -3.61. The average Bonchev–Trinajstić information content (AvgIpc) is 2.42. The molecule has 2 rings (SSSR count). The normalized spacial score (nSPS) is 20.9. The minimum Gasteiger partial charge on any atom is -0.330 e. The monoisotopic (exact) mass is 301 g/mol. The lowest BCUT2D eigenvalue weighted by Gasteiger charge is -2.31. The number of piperidine rings is 1. The number of rotatable bonds is 4. The Hall–Kier alpha value is -1.18. The van der Waals surface area contributed by atoms with Gasteiger partial charge in [-0.25, -0.2) is 4.39 Å². The van der Waals surface area contributed by atoms with E-state index in [-0.39, 0.29) is 11.7 Å². The van der Waals surface area contributed by atoms with Gasteiger partial charge in [0, 0.05) is 13.1 Å². The number of anilines is 1. The molecule has 1 heterocycles. The molecule has 1 saturated heterocycles. The fourth-order valence-electron chi connectivity index (χ4n) is 2.38. The van der Waals surface area contributed by atoms with Crippen molar-refractivity contribution < 1.29 is 12.8 Å². The lowest BCUT2D eigenvalue weighted by Crippen LogP contribution is -2.44. The molecule has 0 aromatic heterocycles. The van der Waals surface area contributed by atoms with Crippen LogP contribution in [-0.4, -0.2) is 32.4 Å². The third kappa shape index (κ3) is 3.47. The van der Waals surface area contributed by atoms with Crippen LogP contribution in [0.25, 0.3) is 0 Å². The molecule has 7 heteroatoms. The van der Waals surface area contributed by atoms with Crippen molar-refractivity contribution in [1.82, 2.24) is 4.31 Å². The highest BCUT2D eigenvalue weighted by Gasteiger charge is 2.28. The van der Waals surface area contributed by atoms with Crippen LogP contribution in [0.1, 0.15) is 18.4 Å². The van der Waals surface area contributed by atoms with Crippen molar-refractivity contribution in [2.45, 2.75) is 19.8 Å². The van der Waals surface area contributed by atoms with E-state index in [2.05, 4.69) is 4.72 Å². The van der Waals surface area contributed by atoms with Crippen LogP contribution < -0.4 is 10.5 Å². The second kappa shape index (κ2) is 6.07. The maximum absolute atomic E-state index is 13.0. The first kappa shape index (κ1) is 15.2. The summed E-state index contributed by atoms with van der Waals surface area (Å²) in [6.45, 7) is 3.08. The van der Waals surface area contributed by atoms with Gasteiger partial charge in [-0.1, -0.05) is 0 Å². The molecule has 20 heavy (non-hydrogen) atoms. The average molecular weight is 301 g/mol. The van der Waals surface area contributed by atoms with Crippen LogP contribution in [0.15, 0.2) is 18.2 Å². The quantitative estimate of drug-likeness (QED) is 0.884. The molecule has 1 aliphatic heterocycles. The molecular formula is C13H20FN3O2S. The van der Waals surface area contributed by atoms with Crippen molar-refractivity contribution in [3.63, 3.8) is 0 Å². The highest BCUT2D eigenvalue weighted by Crippen LogP contribution is 2.22. The number of nitrogens with zero attached hydrogens (tertiary/aromatic N) is 1. The van der Waals surface area contributed by atoms with Crippen LogP contribution in [0.2, 0.25) is 0 Å². The van der Waals surface area contributed by atoms with Crippen LogP contribution in [0, 0.1) is 18.7 Å². The Morgan fingerprint density at radius 2 is 2.25 bits per heavy atom. The largest absolute Gasteiger partial charge is 0.330 e. The number of nitrogens with one attached hydrogen (secondary N) is 1. The van der Waals surface area contributed by atoms with E-state index in [4.69, 9.17) is 5.73 Å². The Morgan fingerprint density at radius 3 is 2.90 bits per heavy atom. The van der Waals surface area contributed by atoms with Crippen LogP contribution >= 0.6 is 0 Å². The maximum Gasteiger partial charge on any atom is 0.301 e. The summed E-state index contributed by atoms with van der Waals surface area (Å²) < 4.78 is 41.6. The van der Waals surface area contributed by atoms with Gasteiger partial charge >= 0.3 is 10.2 Å². The Balaban J connectivity index is 2.14. The first-order valence-electron chi connectivity index (χ1n) is 6.66. The summed E-state index contributed by atoms with van der Waals surface area (Å²) in [7, 11) is -3.61. The molecule has 1 aliphatic rings. The van der Waals surface area contributed by atoms with Crippen molar-refractivity contribution in [3.05, 3.63) is 29.6 Å². The molecule has 1 unspecified atom stereocenters. The van der Waals surface area contributed by atoms with Crippen molar-refractivity contribution in [2.75, 3.05) is 24.4 Å². The molecule has 1 fully saturated rings. The molecule has 3 N–H and O–H groups in total. The highest BCUT2D eigenvalue weighted by molar-refractivity contribution is 7.90. The van der Waals surface area contributed by atoms with Crippen molar-refractivity contribution in [3.8, 4) is 0 Å². The van der Waals surface area contributed by atoms with Gasteiger partial charge in [-0.05, 0) is 56.0 Å². The SMILES string of the molecule is Cc1cc(F)ccc1NS(=O)(=O)N1CCCC(CN)C1. The number of aryl methyl sites for hydroxylation is 1. The summed E-state index contributed by atoms with van der Waals surface area (Å²) in [5.74, 6) is -0.179. The van der Waals surface area contributed by atoms with Crippen LogP contribution in [-0.2, 0) is 10.2 Å². The second-order valence-electron chi connectivity index (χ2n) is 5.17. The number of halogens is 1. The topological polar surface area (TPSA) is 75.4 Å². The molecule has 112 valence electrons. The molecule has 1 aromatic rings. The summed E-state index contributed by atoms with van der Waals surface area (Å²) in [6.07, 6.45) is 1.77. The first-order chi connectivity index (χ1) is 9.42. The summed E-state index contributed by atoms with van der Waals surface area (Å²) in [6, 6.07) is 3.98. The van der Waals surface area contributed by atoms with Gasteiger partial charge in [0.25, 0.3) is 0 Å². The zero-order valence-electron chi connectivity index (χ0n) is 11.5. The number of hydrogen-bond donors (Lipinski definition) is 2. The predicted octanol–water partition coefficient (Wildman–Crippen LogP) is 1.46. The smallest absolute Gasteiger partial charge is 0.301 e. The van der Waals surface area contributed by atoms with E-state index in [0.717, 1.165) is 12.8 Å². The van der Waals surface area contributed by atoms with Gasteiger partial charge in [-0.2, -0.15) is 12.7 Å². The van der Waals surface area contributed by atoms with Crippen LogP contribution in [0.4, 0.5) is 10.1 Å². The van der Waals surface area contributed by atoms with Gasteiger partial charge in [-0.3, -0.25) is 4.72 Å². The lowest BCUT2D eigenvalue weighted by molar-refractivity contribution is 0.273. The van der Waals surface area contributed by atoms with E-state index >= 15 is 0 Å². The zero-order valence-corrected chi connectivity index (χ0v) is 12.3. The maximum atomic E-state index is 13.0. The highest BCUT2D eigenvalue weighted by atomic mass is 32.2. The minimum absolute atomic E-state index is 0.203. The predicted molar refractivity (Wildman–Crippen MR) is 77.0 cm³/mol. The molecule has 0 saturated carbocycles. The molecule has 0 amide bonds. The summed E-state index contributed by atoms with van der Waals surface area (Å²) in [5, 5.41) is 0. The zero-order chi connectivity index (χ0) is 14.8. The van der Waals surface area contributed by atoms with Crippen molar-refractivity contribution >= 4 is 15.9 Å². The number of nitrogens with two attached hydrogens (primary N) is 1. The van der Waals surface area contributed by atoms with E-state index in [1.807, 2.05) is 0 Å². The fraction of sp³-hybridized carbons (Fsp3) is 0.538. The Morgan fingerprint density at radius 1 is 1.50 bits per heavy atom. The van der Waals surface area contributed by atoms with Gasteiger partial charge in [0.1, 0.15) is 5.82 Å². The first-order valence-corrected chi connectivity index (χ1v) is 8.10. The van der Waals surface area contributed by atoms with E-state index in [9.17, 15) is 12.8 Å². The van der Waals surface area contributed by atoms with Crippen LogP contribution in [0.5, 0.6) is 0 Å². The summed E-state index contributed by atoms with van der Waals surface area (Å²) in [5.41, 5.74) is 6.58. The molecule has 0 spiro atoms. The Bertz CT molecular complexity index is 577. The van der Waals surface area contributed by atoms with Gasteiger partial charge in [-0.15, -0.1) is 0 Å². The van der Waals surface area contributed by atoms with Gasteiger partial charge < -0.3 is 5.73 Å². The van der Waals surface area contributed by atoms with E-state index < -0.39 is 10.2 Å². The van der Waals surface area contributed by atoms with Gasteiger partial charge in [0.2, 0.25) is 0 Å². The number of benzene rings is 1. The van der Waals surface area contributed by atoms with Crippen molar-refractivity contribution in [1.29, 1.82) is 0 Å².